The summed E-state index contributed by atoms with van der Waals surface area (Å²) in [4.78, 5) is 0. The van der Waals surface area contributed by atoms with Crippen LogP contribution in [0.4, 0.5) is 4.53 Å². The molecule has 2 atom stereocenters. The van der Waals surface area contributed by atoms with Gasteiger partial charge in [-0.3, -0.25) is 0 Å². The van der Waals surface area contributed by atoms with Gasteiger partial charge in [0, 0.05) is 11.1 Å². The molecule has 0 aromatic heterocycles. The molecule has 2 bridgehead atoms. The minimum atomic E-state index is -2.29. The van der Waals surface area contributed by atoms with Gasteiger partial charge in [0.15, 0.2) is 0 Å². The number of halogens is 1. The lowest BCUT2D eigenvalue weighted by Crippen LogP contribution is -2.27. The van der Waals surface area contributed by atoms with Gasteiger partial charge in [-0.25, -0.2) is 0 Å². The maximum atomic E-state index is 14.0. The molecule has 0 heterocycles. The molecule has 194 valence electrons. The fraction of sp³-hybridized carbons (Fsp3) is 0.600. The van der Waals surface area contributed by atoms with Crippen LogP contribution >= 0.6 is 8.60 Å². The van der Waals surface area contributed by atoms with Crippen LogP contribution < -0.4 is 9.05 Å². The Labute approximate surface area is 213 Å². The van der Waals surface area contributed by atoms with Crippen molar-refractivity contribution in [3.8, 4) is 11.5 Å². The molecular weight excluding hydrogens is 458 g/mol. The van der Waals surface area contributed by atoms with E-state index in [0.29, 0.717) is 11.5 Å². The minimum Gasteiger partial charge on any atom is -0.416 e. The van der Waals surface area contributed by atoms with E-state index in [4.69, 9.17) is 9.05 Å². The summed E-state index contributed by atoms with van der Waals surface area (Å²) >= 11 is 0. The lowest BCUT2D eigenvalue weighted by Gasteiger charge is -2.38. The Kier molecular flexibility index (Phi) is 7.46. The van der Waals surface area contributed by atoms with Crippen molar-refractivity contribution in [3.05, 3.63) is 58.1 Å². The summed E-state index contributed by atoms with van der Waals surface area (Å²) in [5.74, 6) is 1.56. The molecular formula is C30H44FO3P. The molecule has 0 saturated heterocycles. The van der Waals surface area contributed by atoms with E-state index in [2.05, 4.69) is 106 Å². The molecule has 3 rings (SSSR count). The Morgan fingerprint density at radius 1 is 0.829 bits per heavy atom. The number of benzene rings is 2. The molecule has 35 heavy (non-hydrogen) atoms. The van der Waals surface area contributed by atoms with Gasteiger partial charge in [0.05, 0.1) is 0 Å². The Hall–Kier alpha value is -1.64. The van der Waals surface area contributed by atoms with Gasteiger partial charge in [-0.05, 0) is 61.3 Å². The monoisotopic (exact) mass is 502 g/mol. The summed E-state index contributed by atoms with van der Waals surface area (Å²) in [6.45, 7) is 26.2. The van der Waals surface area contributed by atoms with E-state index >= 15 is 0 Å². The second kappa shape index (κ2) is 9.34. The van der Waals surface area contributed by atoms with Crippen molar-refractivity contribution in [3.63, 3.8) is 0 Å². The van der Waals surface area contributed by atoms with Crippen LogP contribution in [0.25, 0.3) is 0 Å². The van der Waals surface area contributed by atoms with Crippen LogP contribution in [0, 0.1) is 0 Å². The number of hydrogen-bond acceptors (Lipinski definition) is 3. The van der Waals surface area contributed by atoms with Crippen LogP contribution in [0.15, 0.2) is 30.3 Å². The maximum Gasteiger partial charge on any atom is 0.497 e. The Balaban J connectivity index is 2.04. The van der Waals surface area contributed by atoms with Crippen LogP contribution in [-0.4, -0.2) is 0 Å². The van der Waals surface area contributed by atoms with E-state index in [-0.39, 0.29) is 27.6 Å². The summed E-state index contributed by atoms with van der Waals surface area (Å²) in [5.41, 5.74) is 5.34. The standard InChI is InChI=1S/C30H44FO3P/c1-19-18-30(11,12)21-15-22(19)26(24(17-21)29(8,9)10)33-35(34-31)32-25-14-13-20(27(2,3)4)16-23(25)28(5,6)7/h13-17,19H,18H2,1-12H3. The van der Waals surface area contributed by atoms with E-state index in [0.717, 1.165) is 23.1 Å². The maximum absolute atomic E-state index is 14.0. The highest BCUT2D eigenvalue weighted by Crippen LogP contribution is 2.53. The van der Waals surface area contributed by atoms with Crippen molar-refractivity contribution in [2.45, 2.75) is 117 Å². The number of hydrogen-bond donors (Lipinski definition) is 0. The van der Waals surface area contributed by atoms with Crippen molar-refractivity contribution >= 4 is 8.60 Å². The van der Waals surface area contributed by atoms with Gasteiger partial charge in [-0.2, -0.15) is 0 Å². The second-order valence-corrected chi connectivity index (χ2v) is 14.8. The Bertz CT molecular complexity index is 1070. The summed E-state index contributed by atoms with van der Waals surface area (Å²) in [6, 6.07) is 10.5. The average molecular weight is 503 g/mol. The highest BCUT2D eigenvalue weighted by Gasteiger charge is 2.37. The quantitative estimate of drug-likeness (QED) is 0.381. The lowest BCUT2D eigenvalue weighted by molar-refractivity contribution is -0.0160. The van der Waals surface area contributed by atoms with Crippen molar-refractivity contribution in [1.82, 2.24) is 0 Å². The Morgan fingerprint density at radius 3 is 1.94 bits per heavy atom. The topological polar surface area (TPSA) is 27.7 Å². The summed E-state index contributed by atoms with van der Waals surface area (Å²) in [6.07, 6.45) is 1.01. The highest BCUT2D eigenvalue weighted by atomic mass is 31.2. The molecule has 1 aliphatic rings. The second-order valence-electron chi connectivity index (χ2n) is 13.9. The van der Waals surface area contributed by atoms with E-state index < -0.39 is 8.60 Å². The van der Waals surface area contributed by atoms with E-state index in [1.54, 1.807) is 0 Å². The molecule has 0 amide bonds. The van der Waals surface area contributed by atoms with Gasteiger partial charge in [-0.15, -0.1) is 0 Å². The van der Waals surface area contributed by atoms with Crippen molar-refractivity contribution in [2.75, 3.05) is 0 Å². The van der Waals surface area contributed by atoms with E-state index in [1.165, 1.54) is 11.1 Å². The molecule has 2 aromatic rings. The summed E-state index contributed by atoms with van der Waals surface area (Å²) < 4.78 is 30.7. The average Bonchev–Trinajstić information content (AvgIpc) is 2.69. The van der Waals surface area contributed by atoms with Gasteiger partial charge < -0.3 is 9.05 Å². The fourth-order valence-corrected chi connectivity index (χ4v) is 5.69. The summed E-state index contributed by atoms with van der Waals surface area (Å²) in [5, 5.41) is 0. The molecule has 0 radical (unpaired) electrons. The van der Waals surface area contributed by atoms with Crippen molar-refractivity contribution < 1.29 is 18.3 Å². The zero-order valence-corrected chi connectivity index (χ0v) is 24.6. The predicted molar refractivity (Wildman–Crippen MR) is 145 cm³/mol. The first-order valence-corrected chi connectivity index (χ1v) is 13.7. The van der Waals surface area contributed by atoms with Crippen LogP contribution in [0.3, 0.4) is 0 Å². The van der Waals surface area contributed by atoms with Crippen LogP contribution in [0.1, 0.15) is 123 Å². The summed E-state index contributed by atoms with van der Waals surface area (Å²) in [7, 11) is -2.29. The van der Waals surface area contributed by atoms with Crippen LogP contribution in [0.5, 0.6) is 11.5 Å². The molecule has 5 heteroatoms. The first kappa shape index (κ1) is 27.9. The van der Waals surface area contributed by atoms with Gasteiger partial charge in [0.25, 0.3) is 0 Å². The number of rotatable bonds is 5. The lowest BCUT2D eigenvalue weighted by atomic mass is 9.68. The minimum absolute atomic E-state index is 0.00765. The van der Waals surface area contributed by atoms with Crippen LogP contribution in [0.2, 0.25) is 0 Å². The smallest absolute Gasteiger partial charge is 0.416 e. The number of fused-ring (bicyclic) bond motifs is 2. The van der Waals surface area contributed by atoms with Crippen molar-refractivity contribution in [2.24, 2.45) is 0 Å². The third-order valence-corrected chi connectivity index (χ3v) is 7.89. The molecule has 0 saturated carbocycles. The zero-order chi connectivity index (χ0) is 26.6. The molecule has 0 fully saturated rings. The predicted octanol–water partition coefficient (Wildman–Crippen LogP) is 9.95. The molecule has 2 unspecified atom stereocenters. The van der Waals surface area contributed by atoms with Gasteiger partial charge in [-0.1, -0.05) is 112 Å². The third-order valence-electron chi connectivity index (χ3n) is 7.10. The first-order chi connectivity index (χ1) is 15.8. The van der Waals surface area contributed by atoms with Gasteiger partial charge in [0.2, 0.25) is 0 Å². The van der Waals surface area contributed by atoms with E-state index in [9.17, 15) is 4.53 Å². The zero-order valence-electron chi connectivity index (χ0n) is 23.7. The Morgan fingerprint density at radius 2 is 1.43 bits per heavy atom. The molecule has 0 spiro atoms. The molecule has 3 nitrogen and oxygen atoms in total. The van der Waals surface area contributed by atoms with Gasteiger partial charge in [0.1, 0.15) is 11.5 Å². The highest BCUT2D eigenvalue weighted by molar-refractivity contribution is 7.42. The first-order valence-electron chi connectivity index (χ1n) is 12.6. The fourth-order valence-electron chi connectivity index (χ4n) is 4.92. The molecule has 0 N–H and O–H groups in total. The third kappa shape index (κ3) is 6.03. The molecule has 1 aliphatic carbocycles. The SMILES string of the molecule is CC1CC(C)(C)c2cc1c(OP(OF)Oc1ccc(C(C)(C)C)cc1C(C)(C)C)c(C(C)(C)C)c2. The normalized spacial score (nSPS) is 18.8. The molecule has 2 aromatic carbocycles. The van der Waals surface area contributed by atoms with Gasteiger partial charge >= 0.3 is 8.60 Å². The molecule has 0 aliphatic heterocycles. The van der Waals surface area contributed by atoms with Crippen molar-refractivity contribution in [1.29, 1.82) is 0 Å². The van der Waals surface area contributed by atoms with Crippen LogP contribution in [-0.2, 0) is 26.4 Å². The largest absolute Gasteiger partial charge is 0.497 e. The van der Waals surface area contributed by atoms with E-state index in [1.807, 2.05) is 12.1 Å².